The molecule has 20 heavy (non-hydrogen) atoms. The highest BCUT2D eigenvalue weighted by atomic mass is 35.5. The quantitative estimate of drug-likeness (QED) is 0.855. The van der Waals surface area contributed by atoms with Crippen LogP contribution in [0.5, 0.6) is 0 Å². The van der Waals surface area contributed by atoms with Crippen molar-refractivity contribution in [2.24, 2.45) is 12.8 Å². The SMILES string of the molecule is Cc1nn(C)c(Nc2c(F)cc(F)cc2Cl)c1C(N)=S. The van der Waals surface area contributed by atoms with Crippen LogP contribution in [0.3, 0.4) is 0 Å². The normalized spacial score (nSPS) is 10.7. The molecule has 0 aliphatic carbocycles. The Morgan fingerprint density at radius 3 is 2.65 bits per heavy atom. The van der Waals surface area contributed by atoms with Crippen LogP contribution in [0, 0.1) is 18.6 Å². The number of hydrogen-bond acceptors (Lipinski definition) is 3. The fourth-order valence-electron chi connectivity index (χ4n) is 1.88. The Hall–Kier alpha value is -1.73. The monoisotopic (exact) mass is 316 g/mol. The summed E-state index contributed by atoms with van der Waals surface area (Å²) in [6.45, 7) is 1.72. The number of nitrogens with zero attached hydrogens (tertiary/aromatic N) is 2. The second-order valence-corrected chi connectivity index (χ2v) is 5.01. The van der Waals surface area contributed by atoms with Crippen LogP contribution in [0.15, 0.2) is 12.1 Å². The zero-order valence-corrected chi connectivity index (χ0v) is 12.2. The molecule has 0 atom stereocenters. The van der Waals surface area contributed by atoms with E-state index in [1.54, 1.807) is 14.0 Å². The van der Waals surface area contributed by atoms with Crippen LogP contribution in [0.1, 0.15) is 11.3 Å². The van der Waals surface area contributed by atoms with E-state index in [9.17, 15) is 8.78 Å². The maximum absolute atomic E-state index is 13.8. The van der Waals surface area contributed by atoms with Gasteiger partial charge in [-0.25, -0.2) is 8.78 Å². The van der Waals surface area contributed by atoms with Crippen molar-refractivity contribution in [3.05, 3.63) is 40.0 Å². The Bertz CT molecular complexity index is 676. The molecule has 0 aliphatic heterocycles. The third-order valence-electron chi connectivity index (χ3n) is 2.72. The molecule has 8 heteroatoms. The molecule has 0 aliphatic rings. The number of aryl methyl sites for hydroxylation is 2. The van der Waals surface area contributed by atoms with Crippen molar-refractivity contribution in [3.8, 4) is 0 Å². The highest BCUT2D eigenvalue weighted by Crippen LogP contribution is 2.31. The van der Waals surface area contributed by atoms with Crippen LogP contribution >= 0.6 is 23.8 Å². The van der Waals surface area contributed by atoms with Gasteiger partial charge in [0.25, 0.3) is 0 Å². The minimum atomic E-state index is -0.817. The Kier molecular flexibility index (Phi) is 3.92. The van der Waals surface area contributed by atoms with Crippen LogP contribution in [-0.2, 0) is 7.05 Å². The summed E-state index contributed by atoms with van der Waals surface area (Å²) in [4.78, 5) is 0.122. The van der Waals surface area contributed by atoms with E-state index in [0.717, 1.165) is 12.1 Å². The summed E-state index contributed by atoms with van der Waals surface area (Å²) in [5, 5.41) is 6.83. The highest BCUT2D eigenvalue weighted by Gasteiger charge is 2.18. The van der Waals surface area contributed by atoms with Gasteiger partial charge in [0, 0.05) is 13.1 Å². The summed E-state index contributed by atoms with van der Waals surface area (Å²) >= 11 is 10.8. The third kappa shape index (κ3) is 2.59. The molecule has 0 bridgehead atoms. The topological polar surface area (TPSA) is 55.9 Å². The molecule has 2 rings (SSSR count). The fraction of sp³-hybridized carbons (Fsp3) is 0.167. The molecule has 0 saturated heterocycles. The standard InChI is InChI=1S/C12H11ClF2N4S/c1-5-9(11(16)20)12(19(2)18-5)17-10-7(13)3-6(14)4-8(10)15/h3-4,17H,1-2H3,(H2,16,20). The van der Waals surface area contributed by atoms with Crippen molar-refractivity contribution in [3.63, 3.8) is 0 Å². The Balaban J connectivity index is 2.54. The number of halogens is 3. The van der Waals surface area contributed by atoms with E-state index in [-0.39, 0.29) is 15.7 Å². The maximum Gasteiger partial charge on any atom is 0.151 e. The van der Waals surface area contributed by atoms with Gasteiger partial charge in [0.1, 0.15) is 16.6 Å². The molecule has 0 fully saturated rings. The van der Waals surface area contributed by atoms with Gasteiger partial charge in [0.05, 0.1) is 22.0 Å². The summed E-state index contributed by atoms with van der Waals surface area (Å²) in [7, 11) is 1.65. The predicted molar refractivity (Wildman–Crippen MR) is 78.5 cm³/mol. The molecule has 3 N–H and O–H groups in total. The average Bonchev–Trinajstić information content (AvgIpc) is 2.58. The molecule has 1 aromatic carbocycles. The van der Waals surface area contributed by atoms with Gasteiger partial charge < -0.3 is 11.1 Å². The van der Waals surface area contributed by atoms with E-state index in [0.29, 0.717) is 17.1 Å². The second kappa shape index (κ2) is 5.34. The summed E-state index contributed by atoms with van der Waals surface area (Å²) in [5.74, 6) is -1.18. The van der Waals surface area contributed by atoms with E-state index in [2.05, 4.69) is 10.4 Å². The second-order valence-electron chi connectivity index (χ2n) is 4.17. The Labute approximate surface area is 124 Å². The zero-order chi connectivity index (χ0) is 15.0. The number of thiocarbonyl (C=S) groups is 1. The van der Waals surface area contributed by atoms with Crippen molar-refractivity contribution >= 4 is 40.3 Å². The molecule has 4 nitrogen and oxygen atoms in total. The van der Waals surface area contributed by atoms with Gasteiger partial charge in [-0.15, -0.1) is 0 Å². The highest BCUT2D eigenvalue weighted by molar-refractivity contribution is 7.80. The van der Waals surface area contributed by atoms with Gasteiger partial charge in [0.2, 0.25) is 0 Å². The van der Waals surface area contributed by atoms with E-state index in [1.807, 2.05) is 0 Å². The number of hydrogen-bond donors (Lipinski definition) is 2. The number of rotatable bonds is 3. The molecule has 2 aromatic rings. The van der Waals surface area contributed by atoms with Crippen molar-refractivity contribution in [2.75, 3.05) is 5.32 Å². The maximum atomic E-state index is 13.8. The largest absolute Gasteiger partial charge is 0.389 e. The van der Waals surface area contributed by atoms with Crippen LogP contribution in [0.4, 0.5) is 20.3 Å². The first-order valence-electron chi connectivity index (χ1n) is 5.56. The lowest BCUT2D eigenvalue weighted by molar-refractivity contribution is 0.586. The lowest BCUT2D eigenvalue weighted by Crippen LogP contribution is -2.13. The molecular formula is C12H11ClF2N4S. The summed E-state index contributed by atoms with van der Waals surface area (Å²) in [5.41, 5.74) is 6.66. The van der Waals surface area contributed by atoms with Crippen LogP contribution in [-0.4, -0.2) is 14.8 Å². The molecule has 0 unspecified atom stereocenters. The van der Waals surface area contributed by atoms with Crippen molar-refractivity contribution < 1.29 is 8.78 Å². The van der Waals surface area contributed by atoms with E-state index < -0.39 is 11.6 Å². The minimum absolute atomic E-state index is 0.0615. The number of aromatic nitrogens is 2. The number of anilines is 2. The molecule has 0 amide bonds. The summed E-state index contributed by atoms with van der Waals surface area (Å²) in [6.07, 6.45) is 0. The number of nitrogens with one attached hydrogen (secondary N) is 1. The van der Waals surface area contributed by atoms with Crippen LogP contribution in [0.25, 0.3) is 0 Å². The first-order chi connectivity index (χ1) is 9.31. The smallest absolute Gasteiger partial charge is 0.151 e. The van der Waals surface area contributed by atoms with E-state index in [4.69, 9.17) is 29.6 Å². The van der Waals surface area contributed by atoms with Crippen molar-refractivity contribution in [1.82, 2.24) is 9.78 Å². The van der Waals surface area contributed by atoms with Crippen molar-refractivity contribution in [1.29, 1.82) is 0 Å². The molecule has 0 radical (unpaired) electrons. The lowest BCUT2D eigenvalue weighted by Gasteiger charge is -2.11. The van der Waals surface area contributed by atoms with Crippen molar-refractivity contribution in [2.45, 2.75) is 6.92 Å². The number of benzene rings is 1. The molecule has 0 saturated carbocycles. The first kappa shape index (κ1) is 14.7. The predicted octanol–water partition coefficient (Wildman–Crippen LogP) is 3.04. The minimum Gasteiger partial charge on any atom is -0.389 e. The summed E-state index contributed by atoms with van der Waals surface area (Å²) < 4.78 is 28.3. The molecule has 1 heterocycles. The molecule has 0 spiro atoms. The van der Waals surface area contributed by atoms with Gasteiger partial charge in [-0.05, 0) is 13.0 Å². The van der Waals surface area contributed by atoms with Gasteiger partial charge >= 0.3 is 0 Å². The third-order valence-corrected chi connectivity index (χ3v) is 3.22. The van der Waals surface area contributed by atoms with Gasteiger partial charge in [-0.3, -0.25) is 4.68 Å². The zero-order valence-electron chi connectivity index (χ0n) is 10.7. The summed E-state index contributed by atoms with van der Waals surface area (Å²) in [6, 6.07) is 1.74. The average molecular weight is 317 g/mol. The van der Waals surface area contributed by atoms with E-state index >= 15 is 0 Å². The Morgan fingerprint density at radius 2 is 2.10 bits per heavy atom. The molecule has 106 valence electrons. The van der Waals surface area contributed by atoms with Crippen LogP contribution < -0.4 is 11.1 Å². The first-order valence-corrected chi connectivity index (χ1v) is 6.35. The molecular weight excluding hydrogens is 306 g/mol. The van der Waals surface area contributed by atoms with Gasteiger partial charge in [0.15, 0.2) is 5.82 Å². The van der Waals surface area contributed by atoms with Gasteiger partial charge in [-0.2, -0.15) is 5.10 Å². The molecule has 1 aromatic heterocycles. The van der Waals surface area contributed by atoms with Crippen LogP contribution in [0.2, 0.25) is 5.02 Å². The Morgan fingerprint density at radius 1 is 1.45 bits per heavy atom. The lowest BCUT2D eigenvalue weighted by atomic mass is 10.2. The fourth-order valence-corrected chi connectivity index (χ4v) is 2.36. The van der Waals surface area contributed by atoms with Gasteiger partial charge in [-0.1, -0.05) is 23.8 Å². The van der Waals surface area contributed by atoms with E-state index in [1.165, 1.54) is 4.68 Å². The number of nitrogens with two attached hydrogens (primary N) is 1.